The predicted octanol–water partition coefficient (Wildman–Crippen LogP) is 4.56. The third-order valence-electron chi connectivity index (χ3n) is 5.24. The summed E-state index contributed by atoms with van der Waals surface area (Å²) >= 11 is 0. The minimum Gasteiger partial charge on any atom is -0.426 e. The molecule has 0 spiro atoms. The summed E-state index contributed by atoms with van der Waals surface area (Å²) in [5.41, 5.74) is 1.91. The van der Waals surface area contributed by atoms with Crippen molar-refractivity contribution in [1.29, 1.82) is 0 Å². The molecule has 0 fully saturated rings. The van der Waals surface area contributed by atoms with Crippen LogP contribution in [0.15, 0.2) is 84.9 Å². The van der Waals surface area contributed by atoms with Crippen molar-refractivity contribution in [3.8, 4) is 5.75 Å². The molecule has 164 valence electrons. The first-order chi connectivity index (χ1) is 16.0. The number of fused-ring (bicyclic) bond motifs is 1. The van der Waals surface area contributed by atoms with Gasteiger partial charge in [-0.3, -0.25) is 24.1 Å². The number of para-hydroxylation sites is 1. The van der Waals surface area contributed by atoms with E-state index in [1.54, 1.807) is 54.6 Å². The zero-order valence-electron chi connectivity index (χ0n) is 17.8. The van der Waals surface area contributed by atoms with E-state index in [-0.39, 0.29) is 48.3 Å². The molecular formula is C27H21NO5. The van der Waals surface area contributed by atoms with Crippen LogP contribution in [0.3, 0.4) is 0 Å². The predicted molar refractivity (Wildman–Crippen MR) is 123 cm³/mol. The zero-order chi connectivity index (χ0) is 23.2. The number of carbonyl (C=O) groups is 4. The fourth-order valence-electron chi connectivity index (χ4n) is 3.58. The summed E-state index contributed by atoms with van der Waals surface area (Å²) in [5.74, 6) is -1.37. The Morgan fingerprint density at radius 3 is 2.09 bits per heavy atom. The molecule has 2 amide bonds. The van der Waals surface area contributed by atoms with Crippen LogP contribution in [-0.4, -0.2) is 35.0 Å². The van der Waals surface area contributed by atoms with Gasteiger partial charge in [-0.1, -0.05) is 60.7 Å². The number of ether oxygens (including phenoxy) is 1. The standard InChI is InChI=1S/C27H21NO5/c29-23(17-16-19-9-2-1-3-10-19)22-13-6-7-14-24(22)33-25(30)15-8-18-28-26(31)20-11-4-5-12-21(20)27(28)32/h1-7,9-14,16-17H,8,15,18H2/b17-16+. The number of benzene rings is 3. The molecule has 0 N–H and O–H groups in total. The first-order valence-corrected chi connectivity index (χ1v) is 10.6. The van der Waals surface area contributed by atoms with Crippen molar-refractivity contribution < 1.29 is 23.9 Å². The van der Waals surface area contributed by atoms with Crippen LogP contribution in [0.5, 0.6) is 5.75 Å². The molecule has 0 aromatic heterocycles. The number of ketones is 1. The first kappa shape index (κ1) is 21.9. The SMILES string of the molecule is O=C(CCCN1C(=O)c2ccccc2C1=O)Oc1ccccc1C(=O)/C=C/c1ccccc1. The van der Waals surface area contributed by atoms with E-state index in [9.17, 15) is 19.2 Å². The quantitative estimate of drug-likeness (QED) is 0.169. The molecule has 3 aromatic rings. The number of esters is 1. The van der Waals surface area contributed by atoms with Gasteiger partial charge in [0.25, 0.3) is 11.8 Å². The minimum absolute atomic E-state index is 0.00418. The Balaban J connectivity index is 1.34. The number of carbonyl (C=O) groups excluding carboxylic acids is 4. The van der Waals surface area contributed by atoms with E-state index in [0.29, 0.717) is 11.1 Å². The molecule has 0 atom stereocenters. The number of hydrogen-bond acceptors (Lipinski definition) is 5. The second-order valence-corrected chi connectivity index (χ2v) is 7.49. The van der Waals surface area contributed by atoms with Crippen LogP contribution < -0.4 is 4.74 Å². The van der Waals surface area contributed by atoms with Crippen molar-refractivity contribution in [2.45, 2.75) is 12.8 Å². The molecule has 33 heavy (non-hydrogen) atoms. The van der Waals surface area contributed by atoms with Gasteiger partial charge in [0.1, 0.15) is 5.75 Å². The number of amides is 2. The number of hydrogen-bond donors (Lipinski definition) is 0. The third kappa shape index (κ3) is 4.96. The molecular weight excluding hydrogens is 418 g/mol. The van der Waals surface area contributed by atoms with E-state index in [0.717, 1.165) is 10.5 Å². The Kier molecular flexibility index (Phi) is 6.55. The molecule has 0 saturated carbocycles. The Morgan fingerprint density at radius 1 is 0.788 bits per heavy atom. The fourth-order valence-corrected chi connectivity index (χ4v) is 3.58. The lowest BCUT2D eigenvalue weighted by Crippen LogP contribution is -2.31. The first-order valence-electron chi connectivity index (χ1n) is 10.6. The number of imide groups is 1. The minimum atomic E-state index is -0.543. The van der Waals surface area contributed by atoms with Crippen molar-refractivity contribution >= 4 is 29.6 Å². The van der Waals surface area contributed by atoms with Crippen LogP contribution in [0.4, 0.5) is 0 Å². The van der Waals surface area contributed by atoms with Gasteiger partial charge in [-0.2, -0.15) is 0 Å². The lowest BCUT2D eigenvalue weighted by molar-refractivity contribution is -0.134. The Hall–Kier alpha value is -4.32. The van der Waals surface area contributed by atoms with Crippen molar-refractivity contribution in [3.05, 3.63) is 107 Å². The highest BCUT2D eigenvalue weighted by molar-refractivity contribution is 6.21. The smallest absolute Gasteiger partial charge is 0.311 e. The average Bonchev–Trinajstić information content (AvgIpc) is 3.08. The third-order valence-corrected chi connectivity index (χ3v) is 5.24. The van der Waals surface area contributed by atoms with Gasteiger partial charge in [0.15, 0.2) is 5.78 Å². The maximum atomic E-state index is 12.6. The van der Waals surface area contributed by atoms with Crippen LogP contribution in [0.2, 0.25) is 0 Å². The Labute approximate surface area is 191 Å². The van der Waals surface area contributed by atoms with E-state index in [2.05, 4.69) is 0 Å². The lowest BCUT2D eigenvalue weighted by atomic mass is 10.1. The summed E-state index contributed by atoms with van der Waals surface area (Å²) in [6.07, 6.45) is 3.39. The Morgan fingerprint density at radius 2 is 1.39 bits per heavy atom. The maximum Gasteiger partial charge on any atom is 0.311 e. The van der Waals surface area contributed by atoms with E-state index < -0.39 is 5.97 Å². The maximum absolute atomic E-state index is 12.6. The summed E-state index contributed by atoms with van der Waals surface area (Å²) in [4.78, 5) is 51.0. The van der Waals surface area contributed by atoms with Gasteiger partial charge in [0, 0.05) is 13.0 Å². The molecule has 1 heterocycles. The molecule has 1 aliphatic heterocycles. The number of allylic oxidation sites excluding steroid dienone is 1. The van der Waals surface area contributed by atoms with Crippen molar-refractivity contribution in [1.82, 2.24) is 4.90 Å². The van der Waals surface area contributed by atoms with Crippen molar-refractivity contribution in [2.24, 2.45) is 0 Å². The van der Waals surface area contributed by atoms with Crippen LogP contribution in [0.25, 0.3) is 6.08 Å². The summed E-state index contributed by atoms with van der Waals surface area (Å²) in [7, 11) is 0. The highest BCUT2D eigenvalue weighted by Gasteiger charge is 2.34. The molecule has 0 aliphatic carbocycles. The van der Waals surface area contributed by atoms with Gasteiger partial charge in [-0.05, 0) is 42.3 Å². The van der Waals surface area contributed by atoms with Gasteiger partial charge >= 0.3 is 5.97 Å². The Bertz CT molecular complexity index is 1210. The van der Waals surface area contributed by atoms with Crippen LogP contribution in [0.1, 0.15) is 49.5 Å². The molecule has 4 rings (SSSR count). The number of nitrogens with zero attached hydrogens (tertiary/aromatic N) is 1. The molecule has 0 bridgehead atoms. The van der Waals surface area contributed by atoms with E-state index >= 15 is 0 Å². The number of rotatable bonds is 8. The van der Waals surface area contributed by atoms with E-state index in [1.807, 2.05) is 30.3 Å². The van der Waals surface area contributed by atoms with Gasteiger partial charge in [0.05, 0.1) is 16.7 Å². The monoisotopic (exact) mass is 439 g/mol. The van der Waals surface area contributed by atoms with Crippen LogP contribution in [-0.2, 0) is 4.79 Å². The highest BCUT2D eigenvalue weighted by atomic mass is 16.5. The summed E-state index contributed by atoms with van der Waals surface area (Å²) in [6, 6.07) is 22.6. The largest absolute Gasteiger partial charge is 0.426 e. The second kappa shape index (κ2) is 9.87. The summed E-state index contributed by atoms with van der Waals surface area (Å²) in [5, 5.41) is 0. The summed E-state index contributed by atoms with van der Waals surface area (Å²) in [6.45, 7) is 0.113. The molecule has 6 heteroatoms. The van der Waals surface area contributed by atoms with Crippen molar-refractivity contribution in [3.63, 3.8) is 0 Å². The normalized spacial score (nSPS) is 12.8. The second-order valence-electron chi connectivity index (χ2n) is 7.49. The molecule has 0 radical (unpaired) electrons. The van der Waals surface area contributed by atoms with Gasteiger partial charge < -0.3 is 4.74 Å². The average molecular weight is 439 g/mol. The summed E-state index contributed by atoms with van der Waals surface area (Å²) < 4.78 is 5.42. The van der Waals surface area contributed by atoms with Gasteiger partial charge in [-0.25, -0.2) is 0 Å². The van der Waals surface area contributed by atoms with Crippen LogP contribution in [0, 0.1) is 0 Å². The van der Waals surface area contributed by atoms with Crippen molar-refractivity contribution in [2.75, 3.05) is 6.54 Å². The molecule has 3 aromatic carbocycles. The van der Waals surface area contributed by atoms with Gasteiger partial charge in [-0.15, -0.1) is 0 Å². The van der Waals surface area contributed by atoms with E-state index in [1.165, 1.54) is 6.08 Å². The van der Waals surface area contributed by atoms with Gasteiger partial charge in [0.2, 0.25) is 0 Å². The molecule has 1 aliphatic rings. The molecule has 0 saturated heterocycles. The lowest BCUT2D eigenvalue weighted by Gasteiger charge is -2.13. The van der Waals surface area contributed by atoms with Crippen LogP contribution >= 0.6 is 0 Å². The fraction of sp³-hybridized carbons (Fsp3) is 0.111. The zero-order valence-corrected chi connectivity index (χ0v) is 17.8. The molecule has 0 unspecified atom stereocenters. The molecule has 6 nitrogen and oxygen atoms in total. The van der Waals surface area contributed by atoms with E-state index in [4.69, 9.17) is 4.74 Å². The topological polar surface area (TPSA) is 80.8 Å². The highest BCUT2D eigenvalue weighted by Crippen LogP contribution is 2.23.